The zero-order chi connectivity index (χ0) is 26.9. The van der Waals surface area contributed by atoms with Crippen LogP contribution in [0.1, 0.15) is 53.4 Å². The van der Waals surface area contributed by atoms with Crippen LogP contribution in [0.5, 0.6) is 0 Å². The summed E-state index contributed by atoms with van der Waals surface area (Å²) in [6.07, 6.45) is 1.39. The largest absolute Gasteiger partial charge is 0.326 e. The number of unbranched alkanes of at least 4 members (excludes halogenated alkanes) is 1. The van der Waals surface area contributed by atoms with Crippen molar-refractivity contribution in [3.05, 3.63) is 48.5 Å². The highest BCUT2D eigenvalue weighted by atomic mass is 32.2. The maximum Gasteiger partial charge on any atom is 0.240 e. The van der Waals surface area contributed by atoms with E-state index in [-0.39, 0.29) is 46.5 Å². The van der Waals surface area contributed by atoms with E-state index < -0.39 is 20.0 Å². The molecule has 0 aliphatic heterocycles. The number of amides is 2. The fourth-order valence-electron chi connectivity index (χ4n) is 3.21. The van der Waals surface area contributed by atoms with Gasteiger partial charge >= 0.3 is 0 Å². The summed E-state index contributed by atoms with van der Waals surface area (Å²) in [5, 5.41) is 5.42. The Morgan fingerprint density at radius 2 is 0.917 bits per heavy atom. The van der Waals surface area contributed by atoms with Crippen LogP contribution in [0.25, 0.3) is 0 Å². The van der Waals surface area contributed by atoms with Crippen LogP contribution in [0.3, 0.4) is 0 Å². The van der Waals surface area contributed by atoms with E-state index >= 15 is 0 Å². The van der Waals surface area contributed by atoms with Crippen LogP contribution in [0.2, 0.25) is 0 Å². The fraction of sp³-hybridized carbons (Fsp3) is 0.417. The van der Waals surface area contributed by atoms with E-state index in [2.05, 4.69) is 20.1 Å². The minimum Gasteiger partial charge on any atom is -0.326 e. The lowest BCUT2D eigenvalue weighted by molar-refractivity contribution is -0.118. The lowest BCUT2D eigenvalue weighted by Crippen LogP contribution is -2.30. The summed E-state index contributed by atoms with van der Waals surface area (Å²) < 4.78 is 53.6. The molecule has 10 nitrogen and oxygen atoms in total. The maximum atomic E-state index is 12.2. The number of hydrogen-bond donors (Lipinski definition) is 4. The molecular weight excluding hydrogens is 504 g/mol. The van der Waals surface area contributed by atoms with Gasteiger partial charge in [-0.05, 0) is 89.1 Å². The molecule has 0 aliphatic carbocycles. The maximum absolute atomic E-state index is 12.2. The quantitative estimate of drug-likeness (QED) is 0.288. The molecule has 0 atom stereocenters. The molecule has 2 aromatic carbocycles. The van der Waals surface area contributed by atoms with Gasteiger partial charge in [0, 0.05) is 36.3 Å². The van der Waals surface area contributed by atoms with Gasteiger partial charge in [0.25, 0.3) is 0 Å². The SMILES string of the molecule is CC(C)NS(=O)(=O)c1ccc(NC(=O)CCCCC(=O)Nc2ccc(S(=O)(=O)NC(C)C)cc2)cc1. The monoisotopic (exact) mass is 538 g/mol. The Hall–Kier alpha value is -2.80. The topological polar surface area (TPSA) is 151 Å². The van der Waals surface area contributed by atoms with Gasteiger partial charge < -0.3 is 10.6 Å². The molecule has 0 aliphatic rings. The molecule has 0 aromatic heterocycles. The number of carbonyl (C=O) groups is 2. The minimum absolute atomic E-state index is 0.115. The van der Waals surface area contributed by atoms with Crippen molar-refractivity contribution in [2.45, 2.75) is 75.3 Å². The molecule has 2 amide bonds. The van der Waals surface area contributed by atoms with Gasteiger partial charge in [0.15, 0.2) is 0 Å². The zero-order valence-electron chi connectivity index (χ0n) is 20.9. The van der Waals surface area contributed by atoms with Crippen molar-refractivity contribution >= 4 is 43.2 Å². The normalized spacial score (nSPS) is 12.1. The Morgan fingerprint density at radius 3 is 1.19 bits per heavy atom. The van der Waals surface area contributed by atoms with Crippen LogP contribution in [0, 0.1) is 0 Å². The molecule has 0 fully saturated rings. The van der Waals surface area contributed by atoms with E-state index in [1.807, 2.05) is 0 Å². The third-order valence-corrected chi connectivity index (χ3v) is 8.09. The molecule has 198 valence electrons. The molecule has 12 heteroatoms. The van der Waals surface area contributed by atoms with Crippen molar-refractivity contribution < 1.29 is 26.4 Å². The Morgan fingerprint density at radius 1 is 0.611 bits per heavy atom. The first-order chi connectivity index (χ1) is 16.8. The average Bonchev–Trinajstić information content (AvgIpc) is 2.76. The summed E-state index contributed by atoms with van der Waals surface area (Å²) in [5.41, 5.74) is 0.964. The summed E-state index contributed by atoms with van der Waals surface area (Å²) >= 11 is 0. The van der Waals surface area contributed by atoms with Crippen LogP contribution in [-0.2, 0) is 29.6 Å². The van der Waals surface area contributed by atoms with Crippen LogP contribution in [0.15, 0.2) is 58.3 Å². The van der Waals surface area contributed by atoms with Gasteiger partial charge in [-0.3, -0.25) is 9.59 Å². The molecule has 0 spiro atoms. The van der Waals surface area contributed by atoms with Crippen molar-refractivity contribution in [1.29, 1.82) is 0 Å². The van der Waals surface area contributed by atoms with Gasteiger partial charge in [-0.25, -0.2) is 26.3 Å². The summed E-state index contributed by atoms with van der Waals surface area (Å²) in [6.45, 7) is 6.92. The lowest BCUT2D eigenvalue weighted by atomic mass is 10.1. The molecule has 2 aromatic rings. The first-order valence-electron chi connectivity index (χ1n) is 11.6. The van der Waals surface area contributed by atoms with E-state index in [9.17, 15) is 26.4 Å². The number of sulfonamides is 2. The third kappa shape index (κ3) is 9.69. The highest BCUT2D eigenvalue weighted by Crippen LogP contribution is 2.16. The Bertz CT molecular complexity index is 1140. The number of anilines is 2. The summed E-state index contributed by atoms with van der Waals surface area (Å²) in [6, 6.07) is 11.3. The highest BCUT2D eigenvalue weighted by molar-refractivity contribution is 7.89. The smallest absolute Gasteiger partial charge is 0.240 e. The summed E-state index contributed by atoms with van der Waals surface area (Å²) in [5.74, 6) is -0.476. The van der Waals surface area contributed by atoms with Gasteiger partial charge in [-0.2, -0.15) is 0 Å². The number of nitrogens with one attached hydrogen (secondary N) is 4. The van der Waals surface area contributed by atoms with Crippen LogP contribution < -0.4 is 20.1 Å². The van der Waals surface area contributed by atoms with Crippen molar-refractivity contribution in [2.75, 3.05) is 10.6 Å². The first-order valence-corrected chi connectivity index (χ1v) is 14.6. The molecule has 0 heterocycles. The van der Waals surface area contributed by atoms with Crippen LogP contribution in [-0.4, -0.2) is 40.7 Å². The second kappa shape index (κ2) is 12.9. The molecular formula is C24H34N4O6S2. The molecule has 0 saturated heterocycles. The molecule has 0 saturated carbocycles. The van der Waals surface area contributed by atoms with E-state index in [4.69, 9.17) is 0 Å². The van der Waals surface area contributed by atoms with Gasteiger partial charge in [0.05, 0.1) is 9.79 Å². The van der Waals surface area contributed by atoms with Gasteiger partial charge in [0.1, 0.15) is 0 Å². The van der Waals surface area contributed by atoms with E-state index in [0.717, 1.165) is 0 Å². The summed E-state index contributed by atoms with van der Waals surface area (Å²) in [7, 11) is -7.19. The Kier molecular flexibility index (Phi) is 10.6. The van der Waals surface area contributed by atoms with Crippen LogP contribution >= 0.6 is 0 Å². The molecule has 4 N–H and O–H groups in total. The molecule has 36 heavy (non-hydrogen) atoms. The standard InChI is InChI=1S/C24H34N4O6S2/c1-17(2)27-35(31,32)21-13-9-19(10-14-21)25-23(29)7-5-6-8-24(30)26-20-11-15-22(16-12-20)36(33,34)28-18(3)4/h9-18,27-28H,5-8H2,1-4H3,(H,25,29)(H,26,30). The predicted molar refractivity (Wildman–Crippen MR) is 140 cm³/mol. The second-order valence-electron chi connectivity index (χ2n) is 8.90. The minimum atomic E-state index is -3.60. The van der Waals surface area contributed by atoms with Gasteiger partial charge in [-0.15, -0.1) is 0 Å². The van der Waals surface area contributed by atoms with Gasteiger partial charge in [0.2, 0.25) is 31.9 Å². The second-order valence-corrected chi connectivity index (χ2v) is 12.3. The van der Waals surface area contributed by atoms with E-state index in [0.29, 0.717) is 24.2 Å². The average molecular weight is 539 g/mol. The fourth-order valence-corrected chi connectivity index (χ4v) is 5.71. The third-order valence-electron chi connectivity index (χ3n) is 4.74. The zero-order valence-corrected chi connectivity index (χ0v) is 22.5. The number of carbonyl (C=O) groups excluding carboxylic acids is 2. The number of rotatable bonds is 13. The lowest BCUT2D eigenvalue weighted by Gasteiger charge is -2.11. The molecule has 0 bridgehead atoms. The van der Waals surface area contributed by atoms with Crippen molar-refractivity contribution in [2.24, 2.45) is 0 Å². The van der Waals surface area contributed by atoms with Crippen LogP contribution in [0.4, 0.5) is 11.4 Å². The Labute approximate surface area is 213 Å². The van der Waals surface area contributed by atoms with Crippen molar-refractivity contribution in [1.82, 2.24) is 9.44 Å². The first kappa shape index (κ1) is 29.4. The van der Waals surface area contributed by atoms with Crippen molar-refractivity contribution in [3.8, 4) is 0 Å². The molecule has 0 unspecified atom stereocenters. The molecule has 2 rings (SSSR count). The predicted octanol–water partition coefficient (Wildman–Crippen LogP) is 3.20. The summed E-state index contributed by atoms with van der Waals surface area (Å²) in [4.78, 5) is 24.5. The highest BCUT2D eigenvalue weighted by Gasteiger charge is 2.16. The molecule has 0 radical (unpaired) electrons. The van der Waals surface area contributed by atoms with E-state index in [1.165, 1.54) is 48.5 Å². The van der Waals surface area contributed by atoms with E-state index in [1.54, 1.807) is 27.7 Å². The van der Waals surface area contributed by atoms with Crippen molar-refractivity contribution in [3.63, 3.8) is 0 Å². The Balaban J connectivity index is 1.74. The van der Waals surface area contributed by atoms with Gasteiger partial charge in [-0.1, -0.05) is 0 Å². The number of hydrogen-bond acceptors (Lipinski definition) is 6. The number of benzene rings is 2.